The van der Waals surface area contributed by atoms with E-state index in [9.17, 15) is 22.4 Å². The van der Waals surface area contributed by atoms with E-state index in [0.717, 1.165) is 6.07 Å². The van der Waals surface area contributed by atoms with Crippen molar-refractivity contribution in [3.05, 3.63) is 29.6 Å². The van der Waals surface area contributed by atoms with Crippen LogP contribution in [0.4, 0.5) is 23.2 Å². The first-order valence-corrected chi connectivity index (χ1v) is 5.99. The van der Waals surface area contributed by atoms with Crippen LogP contribution in [0.25, 0.3) is 0 Å². The molecule has 8 heteroatoms. The summed E-state index contributed by atoms with van der Waals surface area (Å²) in [5, 5.41) is 2.58. The van der Waals surface area contributed by atoms with Gasteiger partial charge in [-0.2, -0.15) is 13.2 Å². The van der Waals surface area contributed by atoms with E-state index in [0.29, 0.717) is 12.1 Å². The summed E-state index contributed by atoms with van der Waals surface area (Å²) in [5.41, 5.74) is -1.30. The summed E-state index contributed by atoms with van der Waals surface area (Å²) in [5.74, 6) is -1.91. The van der Waals surface area contributed by atoms with Crippen molar-refractivity contribution in [3.8, 4) is 0 Å². The molecular weight excluding hydrogens is 334 g/mol. The number of hydrogen-bond donors (Lipinski definition) is 1. The molecular formula is C11H10BrF4NO2. The van der Waals surface area contributed by atoms with Crippen LogP contribution in [0.2, 0.25) is 0 Å². The van der Waals surface area contributed by atoms with Gasteiger partial charge in [-0.05, 0) is 18.2 Å². The van der Waals surface area contributed by atoms with Crippen molar-refractivity contribution in [1.82, 2.24) is 0 Å². The Morgan fingerprint density at radius 1 is 1.47 bits per heavy atom. The highest BCUT2D eigenvalue weighted by molar-refractivity contribution is 9.10. The van der Waals surface area contributed by atoms with E-state index in [-0.39, 0.29) is 12.2 Å². The molecule has 19 heavy (non-hydrogen) atoms. The predicted molar refractivity (Wildman–Crippen MR) is 64.6 cm³/mol. The van der Waals surface area contributed by atoms with Crippen molar-refractivity contribution in [2.75, 3.05) is 19.0 Å². The van der Waals surface area contributed by atoms with Gasteiger partial charge in [0.15, 0.2) is 0 Å². The van der Waals surface area contributed by atoms with Crippen molar-refractivity contribution in [1.29, 1.82) is 0 Å². The average Bonchev–Trinajstić information content (AvgIpc) is 2.35. The van der Waals surface area contributed by atoms with Crippen LogP contribution in [0.1, 0.15) is 5.56 Å². The summed E-state index contributed by atoms with van der Waals surface area (Å²) in [7, 11) is 1.19. The number of rotatable bonds is 4. The molecule has 1 rings (SSSR count). The van der Waals surface area contributed by atoms with Crippen molar-refractivity contribution in [2.24, 2.45) is 0 Å². The fourth-order valence-corrected chi connectivity index (χ4v) is 1.62. The molecule has 1 aromatic rings. The molecule has 0 amide bonds. The number of benzene rings is 1. The number of carbonyl (C=O) groups is 1. The van der Waals surface area contributed by atoms with Gasteiger partial charge in [0.25, 0.3) is 0 Å². The Balaban J connectivity index is 2.78. The molecule has 1 N–H and O–H groups in total. The zero-order chi connectivity index (χ0) is 14.6. The van der Waals surface area contributed by atoms with E-state index >= 15 is 0 Å². The lowest BCUT2D eigenvalue weighted by Gasteiger charge is -2.13. The van der Waals surface area contributed by atoms with Crippen LogP contribution >= 0.6 is 15.9 Å². The third kappa shape index (κ3) is 4.38. The van der Waals surface area contributed by atoms with Crippen LogP contribution in [-0.2, 0) is 15.7 Å². The molecule has 0 saturated carbocycles. The molecule has 1 aromatic carbocycles. The molecule has 0 aliphatic rings. The van der Waals surface area contributed by atoms with Crippen molar-refractivity contribution in [2.45, 2.75) is 11.0 Å². The smallest absolute Gasteiger partial charge is 0.419 e. The number of esters is 1. The maximum Gasteiger partial charge on any atom is 0.419 e. The number of methoxy groups -OCH3 is 1. The summed E-state index contributed by atoms with van der Waals surface area (Å²) >= 11 is 3.00. The van der Waals surface area contributed by atoms with Crippen molar-refractivity contribution < 1.29 is 27.1 Å². The highest BCUT2D eigenvalue weighted by atomic mass is 79.9. The van der Waals surface area contributed by atoms with Crippen molar-refractivity contribution in [3.63, 3.8) is 0 Å². The highest BCUT2D eigenvalue weighted by Crippen LogP contribution is 2.32. The van der Waals surface area contributed by atoms with Gasteiger partial charge in [-0.3, -0.25) is 4.79 Å². The average molecular weight is 344 g/mol. The first-order chi connectivity index (χ1) is 8.75. The molecule has 0 saturated heterocycles. The largest absolute Gasteiger partial charge is 0.468 e. The summed E-state index contributed by atoms with van der Waals surface area (Å²) in [4.78, 5) is 10.4. The minimum Gasteiger partial charge on any atom is -0.468 e. The summed E-state index contributed by atoms with van der Waals surface area (Å²) < 4.78 is 54.8. The lowest BCUT2D eigenvalue weighted by molar-refractivity contribution is -0.140. The van der Waals surface area contributed by atoms with E-state index in [2.05, 4.69) is 26.0 Å². The third-order valence-corrected chi connectivity index (χ3v) is 2.91. The molecule has 1 unspecified atom stereocenters. The predicted octanol–water partition coefficient (Wildman–Crippen LogP) is 3.19. The molecule has 0 aromatic heterocycles. The van der Waals surface area contributed by atoms with Crippen LogP contribution in [0.5, 0.6) is 0 Å². The van der Waals surface area contributed by atoms with Crippen LogP contribution in [0.15, 0.2) is 18.2 Å². The second-order valence-corrected chi connectivity index (χ2v) is 4.67. The minimum atomic E-state index is -4.77. The van der Waals surface area contributed by atoms with E-state index in [1.54, 1.807) is 0 Å². The van der Waals surface area contributed by atoms with Crippen LogP contribution in [-0.4, -0.2) is 24.5 Å². The number of hydrogen-bond acceptors (Lipinski definition) is 3. The first kappa shape index (κ1) is 15.7. The zero-order valence-corrected chi connectivity index (χ0v) is 11.3. The van der Waals surface area contributed by atoms with Gasteiger partial charge in [0, 0.05) is 12.2 Å². The number of anilines is 1. The second-order valence-electron chi connectivity index (χ2n) is 3.56. The summed E-state index contributed by atoms with van der Waals surface area (Å²) in [6.07, 6.45) is -4.77. The second kappa shape index (κ2) is 6.23. The lowest BCUT2D eigenvalue weighted by Crippen LogP contribution is -2.24. The molecule has 1 atom stereocenters. The maximum atomic E-state index is 13.0. The molecule has 0 radical (unpaired) electrons. The van der Waals surface area contributed by atoms with Crippen molar-refractivity contribution >= 4 is 27.6 Å². The number of alkyl halides is 4. The van der Waals surface area contributed by atoms with Gasteiger partial charge in [-0.1, -0.05) is 15.9 Å². The number of carbonyl (C=O) groups excluding carboxylic acids is 1. The van der Waals surface area contributed by atoms with E-state index in [1.165, 1.54) is 7.11 Å². The molecule has 0 spiro atoms. The van der Waals surface area contributed by atoms with E-state index in [1.807, 2.05) is 0 Å². The number of nitrogens with one attached hydrogen (secondary N) is 1. The Kier molecular flexibility index (Phi) is 5.16. The number of ether oxygens (including phenoxy) is 1. The fraction of sp³-hybridized carbons (Fsp3) is 0.364. The molecule has 3 nitrogen and oxygen atoms in total. The van der Waals surface area contributed by atoms with E-state index in [4.69, 9.17) is 0 Å². The van der Waals surface area contributed by atoms with Gasteiger partial charge in [0.05, 0.1) is 12.7 Å². The molecule has 0 bridgehead atoms. The molecule has 0 fully saturated rings. The zero-order valence-electron chi connectivity index (χ0n) is 9.72. The Morgan fingerprint density at radius 2 is 2.11 bits per heavy atom. The van der Waals surface area contributed by atoms with Gasteiger partial charge >= 0.3 is 12.1 Å². The van der Waals surface area contributed by atoms with Crippen LogP contribution in [0.3, 0.4) is 0 Å². The monoisotopic (exact) mass is 343 g/mol. The standard InChI is InChI=1S/C11H10BrF4NO2/c1-19-10(18)8(12)5-17-6-2-3-9(13)7(4-6)11(14,15)16/h2-4,8,17H,5H2,1H3. The van der Waals surface area contributed by atoms with Gasteiger partial charge in [0.2, 0.25) is 0 Å². The van der Waals surface area contributed by atoms with Gasteiger partial charge in [-0.25, -0.2) is 4.39 Å². The highest BCUT2D eigenvalue weighted by Gasteiger charge is 2.34. The Bertz CT molecular complexity index is 464. The molecule has 0 aliphatic carbocycles. The van der Waals surface area contributed by atoms with Gasteiger partial charge in [-0.15, -0.1) is 0 Å². The number of halogens is 5. The Morgan fingerprint density at radius 3 is 2.63 bits per heavy atom. The van der Waals surface area contributed by atoms with Gasteiger partial charge < -0.3 is 10.1 Å². The van der Waals surface area contributed by atoms with E-state index < -0.39 is 28.4 Å². The molecule has 0 aliphatic heterocycles. The molecule has 0 heterocycles. The maximum absolute atomic E-state index is 13.0. The van der Waals surface area contributed by atoms with Crippen LogP contribution < -0.4 is 5.32 Å². The van der Waals surface area contributed by atoms with Crippen LogP contribution in [0, 0.1) is 5.82 Å². The first-order valence-electron chi connectivity index (χ1n) is 5.08. The quantitative estimate of drug-likeness (QED) is 0.518. The Labute approximate surface area is 115 Å². The summed E-state index contributed by atoms with van der Waals surface area (Å²) in [6.45, 7) is 0.00953. The van der Waals surface area contributed by atoms with Gasteiger partial charge in [0.1, 0.15) is 10.6 Å². The fourth-order valence-electron chi connectivity index (χ4n) is 1.27. The third-order valence-electron chi connectivity index (χ3n) is 2.21. The lowest BCUT2D eigenvalue weighted by atomic mass is 10.2. The summed E-state index contributed by atoms with van der Waals surface area (Å²) in [6, 6.07) is 2.51. The minimum absolute atomic E-state index is 0.00953. The topological polar surface area (TPSA) is 38.3 Å². The Hall–Kier alpha value is -1.31. The normalized spacial score (nSPS) is 12.9. The SMILES string of the molecule is COC(=O)C(Br)CNc1ccc(F)c(C(F)(F)F)c1. The molecule has 106 valence electrons.